The molecule has 116 valence electrons. The summed E-state index contributed by atoms with van der Waals surface area (Å²) in [6, 6.07) is 0. The number of nitrogens with two attached hydrogens (primary N) is 1. The van der Waals surface area contributed by atoms with Gasteiger partial charge in [-0.1, -0.05) is 0 Å². The van der Waals surface area contributed by atoms with Gasteiger partial charge in [-0.15, -0.1) is 0 Å². The van der Waals surface area contributed by atoms with E-state index in [2.05, 4.69) is 15.0 Å². The average molecular weight is 299 g/mol. The molecule has 4 atom stereocenters. The first-order valence-corrected chi connectivity index (χ1v) is 6.07. The Morgan fingerprint density at radius 2 is 2.10 bits per heavy atom. The Hall–Kier alpha value is -1.85. The highest BCUT2D eigenvalue weighted by molar-refractivity contribution is 5.81. The Morgan fingerprint density at radius 1 is 1.33 bits per heavy atom. The Bertz CT molecular complexity index is 620. The van der Waals surface area contributed by atoms with Crippen molar-refractivity contribution in [2.45, 2.75) is 24.5 Å². The van der Waals surface area contributed by atoms with Crippen molar-refractivity contribution in [3.8, 4) is 0 Å². The molecule has 0 bridgehead atoms. The van der Waals surface area contributed by atoms with Crippen LogP contribution in [0.3, 0.4) is 0 Å². The molecule has 1 aliphatic heterocycles. The summed E-state index contributed by atoms with van der Waals surface area (Å²) in [7, 11) is 1.50. The minimum Gasteiger partial charge on any atom is -0.412 e. The van der Waals surface area contributed by atoms with Crippen LogP contribution in [0.25, 0.3) is 11.2 Å². The topological polar surface area (TPSA) is 160 Å². The van der Waals surface area contributed by atoms with E-state index in [4.69, 9.17) is 15.2 Å². The lowest BCUT2D eigenvalue weighted by Crippen LogP contribution is -2.33. The van der Waals surface area contributed by atoms with Gasteiger partial charge in [0.25, 0.3) is 0 Å². The molecule has 0 spiro atoms. The van der Waals surface area contributed by atoms with Crippen molar-refractivity contribution in [2.75, 3.05) is 19.5 Å². The fraction of sp³-hybridized carbons (Fsp3) is 0.545. The SMILES string of the molecule is COCC1OC(n2cnc3c(N)ncnc32)C(O)C1O.O. The number of methoxy groups -OCH3 is 1. The Kier molecular flexibility index (Phi) is 4.34. The summed E-state index contributed by atoms with van der Waals surface area (Å²) in [5, 5.41) is 20.0. The quantitative estimate of drug-likeness (QED) is 0.578. The number of anilines is 1. The monoisotopic (exact) mass is 299 g/mol. The van der Waals surface area contributed by atoms with Crippen LogP contribution in [0.1, 0.15) is 6.23 Å². The molecule has 0 radical (unpaired) electrons. The van der Waals surface area contributed by atoms with E-state index in [1.807, 2.05) is 0 Å². The predicted octanol–water partition coefficient (Wildman–Crippen LogP) is -2.15. The van der Waals surface area contributed by atoms with Crippen LogP contribution in [0.2, 0.25) is 0 Å². The number of ether oxygens (including phenoxy) is 2. The number of nitrogens with zero attached hydrogens (tertiary/aromatic N) is 4. The molecular weight excluding hydrogens is 282 g/mol. The van der Waals surface area contributed by atoms with E-state index in [1.165, 1.54) is 24.3 Å². The summed E-state index contributed by atoms with van der Waals surface area (Å²) in [5.41, 5.74) is 6.57. The van der Waals surface area contributed by atoms with Gasteiger partial charge in [-0.05, 0) is 0 Å². The molecule has 3 heterocycles. The van der Waals surface area contributed by atoms with Crippen LogP contribution < -0.4 is 5.73 Å². The van der Waals surface area contributed by atoms with Crippen molar-refractivity contribution in [3.63, 3.8) is 0 Å². The molecular formula is C11H17N5O5. The van der Waals surface area contributed by atoms with E-state index in [0.717, 1.165) is 0 Å². The van der Waals surface area contributed by atoms with Crippen molar-refractivity contribution in [1.29, 1.82) is 0 Å². The van der Waals surface area contributed by atoms with Crippen LogP contribution in [-0.4, -0.2) is 67.2 Å². The maximum absolute atomic E-state index is 10.1. The molecule has 0 amide bonds. The van der Waals surface area contributed by atoms with Crippen molar-refractivity contribution in [3.05, 3.63) is 12.7 Å². The normalized spacial score (nSPS) is 28.7. The van der Waals surface area contributed by atoms with Gasteiger partial charge >= 0.3 is 0 Å². The number of nitrogen functional groups attached to an aromatic ring is 1. The van der Waals surface area contributed by atoms with Crippen LogP contribution >= 0.6 is 0 Å². The highest BCUT2D eigenvalue weighted by Crippen LogP contribution is 2.31. The largest absolute Gasteiger partial charge is 0.412 e. The highest BCUT2D eigenvalue weighted by atomic mass is 16.6. The first-order chi connectivity index (χ1) is 9.63. The van der Waals surface area contributed by atoms with Gasteiger partial charge in [0.2, 0.25) is 0 Å². The zero-order valence-electron chi connectivity index (χ0n) is 11.2. The van der Waals surface area contributed by atoms with Gasteiger partial charge in [-0.3, -0.25) is 4.57 Å². The lowest BCUT2D eigenvalue weighted by molar-refractivity contribution is -0.0580. The molecule has 0 aliphatic carbocycles. The second kappa shape index (κ2) is 5.87. The van der Waals surface area contributed by atoms with Gasteiger partial charge in [-0.25, -0.2) is 15.0 Å². The highest BCUT2D eigenvalue weighted by Gasteiger charge is 2.44. The third-order valence-electron chi connectivity index (χ3n) is 3.33. The lowest BCUT2D eigenvalue weighted by Gasteiger charge is -2.16. The molecule has 1 aliphatic rings. The van der Waals surface area contributed by atoms with E-state index < -0.39 is 24.5 Å². The van der Waals surface area contributed by atoms with Crippen LogP contribution in [0.15, 0.2) is 12.7 Å². The molecule has 1 saturated heterocycles. The summed E-state index contributed by atoms with van der Waals surface area (Å²) < 4.78 is 12.1. The Labute approximate surface area is 119 Å². The van der Waals surface area contributed by atoms with Gasteiger partial charge in [0, 0.05) is 7.11 Å². The third-order valence-corrected chi connectivity index (χ3v) is 3.33. The van der Waals surface area contributed by atoms with Gasteiger partial charge in [0.15, 0.2) is 17.7 Å². The first-order valence-electron chi connectivity index (χ1n) is 6.07. The number of aliphatic hydroxyl groups is 2. The minimum absolute atomic E-state index is 0. The van der Waals surface area contributed by atoms with Gasteiger partial charge < -0.3 is 30.9 Å². The standard InChI is InChI=1S/C11H15N5O4.H2O/c1-19-2-5-7(17)8(18)11(20-5)16-4-15-6-9(12)13-3-14-10(6)16;/h3-5,7-8,11,17-18H,2H2,1H3,(H2,12,13,14);1H2. The fourth-order valence-corrected chi connectivity index (χ4v) is 2.32. The molecule has 0 aromatic carbocycles. The molecule has 21 heavy (non-hydrogen) atoms. The Balaban J connectivity index is 0.00000161. The maximum Gasteiger partial charge on any atom is 0.167 e. The average Bonchev–Trinajstić information content (AvgIpc) is 2.97. The summed E-state index contributed by atoms with van der Waals surface area (Å²) in [5.74, 6) is 0.246. The minimum atomic E-state index is -1.11. The molecule has 3 rings (SSSR count). The van der Waals surface area contributed by atoms with E-state index >= 15 is 0 Å². The number of imidazole rings is 1. The number of fused-ring (bicyclic) bond motifs is 1. The molecule has 0 saturated carbocycles. The molecule has 2 aromatic heterocycles. The molecule has 10 heteroatoms. The zero-order chi connectivity index (χ0) is 14.3. The van der Waals surface area contributed by atoms with Crippen molar-refractivity contribution < 1.29 is 25.2 Å². The maximum atomic E-state index is 10.1. The number of aliphatic hydroxyl groups excluding tert-OH is 2. The zero-order valence-corrected chi connectivity index (χ0v) is 11.2. The van der Waals surface area contributed by atoms with Crippen molar-refractivity contribution >= 4 is 17.0 Å². The van der Waals surface area contributed by atoms with Gasteiger partial charge in [0.05, 0.1) is 12.9 Å². The predicted molar refractivity (Wildman–Crippen MR) is 71.1 cm³/mol. The smallest absolute Gasteiger partial charge is 0.167 e. The number of aromatic nitrogens is 4. The molecule has 10 nitrogen and oxygen atoms in total. The van der Waals surface area contributed by atoms with Crippen molar-refractivity contribution in [1.82, 2.24) is 19.5 Å². The van der Waals surface area contributed by atoms with Crippen LogP contribution in [-0.2, 0) is 9.47 Å². The van der Waals surface area contributed by atoms with Gasteiger partial charge in [-0.2, -0.15) is 0 Å². The fourth-order valence-electron chi connectivity index (χ4n) is 2.32. The molecule has 1 fully saturated rings. The summed E-state index contributed by atoms with van der Waals surface area (Å²) in [6.45, 7) is 0.179. The van der Waals surface area contributed by atoms with Crippen LogP contribution in [0, 0.1) is 0 Å². The summed E-state index contributed by atoms with van der Waals surface area (Å²) in [4.78, 5) is 12.0. The van der Waals surface area contributed by atoms with Crippen molar-refractivity contribution in [2.24, 2.45) is 0 Å². The number of hydrogen-bond donors (Lipinski definition) is 3. The van der Waals surface area contributed by atoms with E-state index in [0.29, 0.717) is 11.2 Å². The number of hydrogen-bond acceptors (Lipinski definition) is 8. The van der Waals surface area contributed by atoms with Crippen LogP contribution in [0.5, 0.6) is 0 Å². The molecule has 6 N–H and O–H groups in total. The summed E-state index contributed by atoms with van der Waals surface area (Å²) >= 11 is 0. The van der Waals surface area contributed by atoms with E-state index in [9.17, 15) is 10.2 Å². The second-order valence-electron chi connectivity index (χ2n) is 4.58. The summed E-state index contributed by atoms with van der Waals surface area (Å²) in [6.07, 6.45) is -0.812. The van der Waals surface area contributed by atoms with Crippen LogP contribution in [0.4, 0.5) is 5.82 Å². The van der Waals surface area contributed by atoms with Gasteiger partial charge in [0.1, 0.15) is 30.2 Å². The number of rotatable bonds is 3. The van der Waals surface area contributed by atoms with E-state index in [1.54, 1.807) is 0 Å². The third kappa shape index (κ3) is 2.43. The molecule has 2 aromatic rings. The molecule has 4 unspecified atom stereocenters. The lowest BCUT2D eigenvalue weighted by atomic mass is 10.1. The second-order valence-corrected chi connectivity index (χ2v) is 4.58. The Morgan fingerprint density at radius 3 is 2.81 bits per heavy atom. The first kappa shape index (κ1) is 15.5. The van der Waals surface area contributed by atoms with E-state index in [-0.39, 0.29) is 17.9 Å².